The quantitative estimate of drug-likeness (QED) is 0.823. The molecular formula is C14H25N3O2. The Morgan fingerprint density at radius 3 is 2.89 bits per heavy atom. The van der Waals surface area contributed by atoms with E-state index in [4.69, 9.17) is 9.26 Å². The molecule has 1 N–H and O–H groups in total. The SMILES string of the molecule is CCCNC(CC)C(C)c1nc(C2CCCO2)no1. The van der Waals surface area contributed by atoms with Gasteiger partial charge in [0.05, 0.1) is 5.92 Å². The second-order valence-corrected chi connectivity index (χ2v) is 5.25. The monoisotopic (exact) mass is 267 g/mol. The number of hydrogen-bond donors (Lipinski definition) is 1. The predicted octanol–water partition coefficient (Wildman–Crippen LogP) is 2.80. The summed E-state index contributed by atoms with van der Waals surface area (Å²) in [6.45, 7) is 8.33. The fourth-order valence-corrected chi connectivity index (χ4v) is 2.52. The van der Waals surface area contributed by atoms with Crippen LogP contribution in [0.15, 0.2) is 4.52 Å². The van der Waals surface area contributed by atoms with Gasteiger partial charge in [-0.05, 0) is 32.2 Å². The van der Waals surface area contributed by atoms with Crippen LogP contribution in [-0.4, -0.2) is 29.3 Å². The molecule has 2 heterocycles. The lowest BCUT2D eigenvalue weighted by Gasteiger charge is -2.20. The van der Waals surface area contributed by atoms with Crippen molar-refractivity contribution in [2.75, 3.05) is 13.2 Å². The normalized spacial score (nSPS) is 22.6. The molecule has 0 aliphatic carbocycles. The molecule has 0 saturated carbocycles. The van der Waals surface area contributed by atoms with E-state index in [1.54, 1.807) is 0 Å². The Morgan fingerprint density at radius 1 is 1.42 bits per heavy atom. The van der Waals surface area contributed by atoms with Crippen molar-refractivity contribution in [3.63, 3.8) is 0 Å². The van der Waals surface area contributed by atoms with E-state index in [2.05, 4.69) is 36.2 Å². The van der Waals surface area contributed by atoms with Crippen LogP contribution in [0.1, 0.15) is 70.2 Å². The molecule has 108 valence electrons. The molecule has 0 amide bonds. The van der Waals surface area contributed by atoms with Crippen LogP contribution >= 0.6 is 0 Å². The van der Waals surface area contributed by atoms with E-state index in [0.717, 1.165) is 44.7 Å². The molecule has 0 spiro atoms. The summed E-state index contributed by atoms with van der Waals surface area (Å²) in [6, 6.07) is 0.387. The van der Waals surface area contributed by atoms with Crippen LogP contribution in [0.2, 0.25) is 0 Å². The van der Waals surface area contributed by atoms with Gasteiger partial charge in [-0.2, -0.15) is 4.98 Å². The van der Waals surface area contributed by atoms with Gasteiger partial charge >= 0.3 is 0 Å². The maximum absolute atomic E-state index is 5.58. The van der Waals surface area contributed by atoms with Crippen LogP contribution in [0.5, 0.6) is 0 Å². The minimum Gasteiger partial charge on any atom is -0.370 e. The Bertz CT molecular complexity index is 375. The van der Waals surface area contributed by atoms with Crippen LogP contribution < -0.4 is 5.32 Å². The van der Waals surface area contributed by atoms with Gasteiger partial charge in [0.2, 0.25) is 11.7 Å². The molecule has 0 aromatic carbocycles. The summed E-state index contributed by atoms with van der Waals surface area (Å²) in [5, 5.41) is 7.61. The van der Waals surface area contributed by atoms with E-state index in [9.17, 15) is 0 Å². The van der Waals surface area contributed by atoms with Crippen molar-refractivity contribution in [1.29, 1.82) is 0 Å². The van der Waals surface area contributed by atoms with Gasteiger partial charge in [-0.3, -0.25) is 0 Å². The molecule has 2 rings (SSSR count). The summed E-state index contributed by atoms with van der Waals surface area (Å²) in [4.78, 5) is 4.53. The Kier molecular flexibility index (Phi) is 5.34. The zero-order chi connectivity index (χ0) is 13.7. The van der Waals surface area contributed by atoms with Crippen molar-refractivity contribution >= 4 is 0 Å². The number of nitrogens with zero attached hydrogens (tertiary/aromatic N) is 2. The van der Waals surface area contributed by atoms with E-state index in [1.165, 1.54) is 0 Å². The van der Waals surface area contributed by atoms with Gasteiger partial charge in [-0.15, -0.1) is 0 Å². The maximum atomic E-state index is 5.58. The highest BCUT2D eigenvalue weighted by Gasteiger charge is 2.27. The molecule has 0 radical (unpaired) electrons. The van der Waals surface area contributed by atoms with Gasteiger partial charge in [0.1, 0.15) is 6.10 Å². The molecule has 1 saturated heterocycles. The molecule has 1 aromatic rings. The van der Waals surface area contributed by atoms with Crippen molar-refractivity contribution in [3.05, 3.63) is 11.7 Å². The second kappa shape index (κ2) is 7.01. The first kappa shape index (κ1) is 14.5. The summed E-state index contributed by atoms with van der Waals surface area (Å²) < 4.78 is 11.0. The molecule has 1 aromatic heterocycles. The van der Waals surface area contributed by atoms with Crippen LogP contribution in [0, 0.1) is 0 Å². The van der Waals surface area contributed by atoms with Crippen LogP contribution in [0.3, 0.4) is 0 Å². The Morgan fingerprint density at radius 2 is 2.26 bits per heavy atom. The molecule has 3 atom stereocenters. The van der Waals surface area contributed by atoms with Gasteiger partial charge < -0.3 is 14.6 Å². The molecule has 1 aliphatic rings. The minimum absolute atomic E-state index is 0.0355. The van der Waals surface area contributed by atoms with Crippen molar-refractivity contribution < 1.29 is 9.26 Å². The Hall–Kier alpha value is -0.940. The zero-order valence-electron chi connectivity index (χ0n) is 12.2. The number of nitrogens with one attached hydrogen (secondary N) is 1. The van der Waals surface area contributed by atoms with Crippen LogP contribution in [0.25, 0.3) is 0 Å². The lowest BCUT2D eigenvalue weighted by molar-refractivity contribution is 0.103. The zero-order valence-corrected chi connectivity index (χ0v) is 12.2. The molecule has 1 fully saturated rings. The fourth-order valence-electron chi connectivity index (χ4n) is 2.52. The van der Waals surface area contributed by atoms with E-state index < -0.39 is 0 Å². The summed E-state index contributed by atoms with van der Waals surface area (Å²) in [7, 11) is 0. The smallest absolute Gasteiger partial charge is 0.231 e. The van der Waals surface area contributed by atoms with E-state index in [1.807, 2.05) is 0 Å². The van der Waals surface area contributed by atoms with Crippen molar-refractivity contribution in [2.45, 2.75) is 64.5 Å². The third-order valence-electron chi connectivity index (χ3n) is 3.76. The summed E-state index contributed by atoms with van der Waals surface area (Å²) in [5.41, 5.74) is 0. The average molecular weight is 267 g/mol. The Balaban J connectivity index is 1.99. The highest BCUT2D eigenvalue weighted by Crippen LogP contribution is 2.28. The average Bonchev–Trinajstić information content (AvgIpc) is 3.10. The third-order valence-corrected chi connectivity index (χ3v) is 3.76. The molecule has 1 aliphatic heterocycles. The van der Waals surface area contributed by atoms with Crippen molar-refractivity contribution in [2.24, 2.45) is 0 Å². The maximum Gasteiger partial charge on any atom is 0.231 e. The second-order valence-electron chi connectivity index (χ2n) is 5.25. The van der Waals surface area contributed by atoms with E-state index in [-0.39, 0.29) is 12.0 Å². The summed E-state index contributed by atoms with van der Waals surface area (Å²) >= 11 is 0. The third kappa shape index (κ3) is 3.54. The standard InChI is InChI=1S/C14H25N3O2/c1-4-8-15-11(5-2)10(3)14-16-13(17-19-14)12-7-6-9-18-12/h10-12,15H,4-9H2,1-3H3. The lowest BCUT2D eigenvalue weighted by Crippen LogP contribution is -2.33. The molecule has 0 bridgehead atoms. The summed E-state index contributed by atoms with van der Waals surface area (Å²) in [5.74, 6) is 1.67. The number of ether oxygens (including phenoxy) is 1. The lowest BCUT2D eigenvalue weighted by atomic mass is 9.99. The van der Waals surface area contributed by atoms with Crippen LogP contribution in [-0.2, 0) is 4.74 Å². The van der Waals surface area contributed by atoms with Gasteiger partial charge in [-0.1, -0.05) is 25.9 Å². The van der Waals surface area contributed by atoms with E-state index in [0.29, 0.717) is 11.9 Å². The summed E-state index contributed by atoms with van der Waals surface area (Å²) in [6.07, 6.45) is 4.30. The van der Waals surface area contributed by atoms with Gasteiger partial charge in [0, 0.05) is 12.6 Å². The first-order valence-electron chi connectivity index (χ1n) is 7.44. The first-order valence-corrected chi connectivity index (χ1v) is 7.44. The van der Waals surface area contributed by atoms with E-state index >= 15 is 0 Å². The molecular weight excluding hydrogens is 242 g/mol. The highest BCUT2D eigenvalue weighted by molar-refractivity contribution is 5.00. The molecule has 5 heteroatoms. The topological polar surface area (TPSA) is 60.2 Å². The van der Waals surface area contributed by atoms with Crippen molar-refractivity contribution in [1.82, 2.24) is 15.5 Å². The molecule has 3 unspecified atom stereocenters. The Labute approximate surface area is 115 Å². The number of hydrogen-bond acceptors (Lipinski definition) is 5. The van der Waals surface area contributed by atoms with Gasteiger partial charge in [0.15, 0.2) is 0 Å². The number of rotatable bonds is 7. The number of aromatic nitrogens is 2. The van der Waals surface area contributed by atoms with Gasteiger partial charge in [-0.25, -0.2) is 0 Å². The minimum atomic E-state index is 0.0355. The highest BCUT2D eigenvalue weighted by atomic mass is 16.5. The molecule has 5 nitrogen and oxygen atoms in total. The largest absolute Gasteiger partial charge is 0.370 e. The molecule has 19 heavy (non-hydrogen) atoms. The van der Waals surface area contributed by atoms with Gasteiger partial charge in [0.25, 0.3) is 0 Å². The fraction of sp³-hybridized carbons (Fsp3) is 0.857. The first-order chi connectivity index (χ1) is 9.26. The van der Waals surface area contributed by atoms with Crippen molar-refractivity contribution in [3.8, 4) is 0 Å². The predicted molar refractivity (Wildman–Crippen MR) is 73.0 cm³/mol. The van der Waals surface area contributed by atoms with Crippen LogP contribution in [0.4, 0.5) is 0 Å².